The van der Waals surface area contributed by atoms with Gasteiger partial charge in [-0.15, -0.1) is 0 Å². The van der Waals surface area contributed by atoms with Gasteiger partial charge in [0.25, 0.3) is 5.91 Å². The molecule has 0 fully saturated rings. The molecule has 2 aromatic rings. The predicted octanol–water partition coefficient (Wildman–Crippen LogP) is 3.22. The van der Waals surface area contributed by atoms with Gasteiger partial charge in [0, 0.05) is 5.69 Å². The fourth-order valence-electron chi connectivity index (χ4n) is 1.81. The normalized spacial score (nSPS) is 10.3. The molecule has 0 aliphatic carbocycles. The van der Waals surface area contributed by atoms with Crippen LogP contribution in [0, 0.1) is 5.82 Å². The minimum Gasteiger partial charge on any atom is -0.452 e. The number of alkyl halides is 2. The number of para-hydroxylation sites is 1. The maximum atomic E-state index is 13.0. The van der Waals surface area contributed by atoms with E-state index in [1.54, 1.807) is 0 Å². The third-order valence-corrected chi connectivity index (χ3v) is 2.77. The van der Waals surface area contributed by atoms with E-state index >= 15 is 0 Å². The van der Waals surface area contributed by atoms with Crippen LogP contribution in [0.25, 0.3) is 0 Å². The van der Waals surface area contributed by atoms with E-state index < -0.39 is 30.9 Å². The summed E-state index contributed by atoms with van der Waals surface area (Å²) < 4.78 is 46.5. The van der Waals surface area contributed by atoms with Crippen molar-refractivity contribution in [1.29, 1.82) is 0 Å². The van der Waals surface area contributed by atoms with E-state index in [2.05, 4.69) is 10.1 Å². The van der Waals surface area contributed by atoms with Gasteiger partial charge in [-0.25, -0.2) is 9.18 Å². The zero-order valence-corrected chi connectivity index (χ0v) is 12.2. The lowest BCUT2D eigenvalue weighted by Crippen LogP contribution is -2.21. The van der Waals surface area contributed by atoms with Crippen LogP contribution >= 0.6 is 0 Å². The summed E-state index contributed by atoms with van der Waals surface area (Å²) in [5.74, 6) is -2.60. The van der Waals surface area contributed by atoms with Crippen molar-refractivity contribution in [2.45, 2.75) is 6.61 Å². The quantitative estimate of drug-likeness (QED) is 0.821. The first-order chi connectivity index (χ1) is 11.5. The Labute approximate surface area is 135 Å². The van der Waals surface area contributed by atoms with Gasteiger partial charge in [-0.1, -0.05) is 18.2 Å². The Hall–Kier alpha value is -3.03. The van der Waals surface area contributed by atoms with Crippen molar-refractivity contribution in [2.24, 2.45) is 0 Å². The molecule has 8 heteroatoms. The first-order valence-electron chi connectivity index (χ1n) is 6.72. The third-order valence-electron chi connectivity index (χ3n) is 2.77. The van der Waals surface area contributed by atoms with Gasteiger partial charge < -0.3 is 14.8 Å². The highest BCUT2D eigenvalue weighted by Gasteiger charge is 2.17. The fraction of sp³-hybridized carbons (Fsp3) is 0.125. The summed E-state index contributed by atoms with van der Waals surface area (Å²) in [5, 5.41) is 2.33. The number of carbonyl (C=O) groups excluding carboxylic acids is 2. The van der Waals surface area contributed by atoms with Gasteiger partial charge in [0.05, 0.1) is 0 Å². The number of halogens is 3. The summed E-state index contributed by atoms with van der Waals surface area (Å²) in [6.07, 6.45) is 0. The molecule has 0 unspecified atom stereocenters. The lowest BCUT2D eigenvalue weighted by atomic mass is 10.2. The Morgan fingerprint density at radius 2 is 1.83 bits per heavy atom. The second-order valence-electron chi connectivity index (χ2n) is 4.51. The molecular formula is C16H12F3NO4. The van der Waals surface area contributed by atoms with Crippen molar-refractivity contribution in [3.63, 3.8) is 0 Å². The first-order valence-corrected chi connectivity index (χ1v) is 6.72. The zero-order chi connectivity index (χ0) is 17.5. The maximum Gasteiger partial charge on any atom is 0.387 e. The average molecular weight is 339 g/mol. The van der Waals surface area contributed by atoms with Gasteiger partial charge in [0.1, 0.15) is 17.1 Å². The number of carbonyl (C=O) groups is 2. The smallest absolute Gasteiger partial charge is 0.387 e. The molecule has 5 nitrogen and oxygen atoms in total. The van der Waals surface area contributed by atoms with E-state index in [4.69, 9.17) is 4.74 Å². The SMILES string of the molecule is O=C(COC(=O)c1ccccc1OC(F)F)Nc1cccc(F)c1. The molecule has 126 valence electrons. The second-order valence-corrected chi connectivity index (χ2v) is 4.51. The minimum atomic E-state index is -3.10. The zero-order valence-electron chi connectivity index (χ0n) is 12.2. The Morgan fingerprint density at radius 3 is 2.54 bits per heavy atom. The van der Waals surface area contributed by atoms with Crippen molar-refractivity contribution in [1.82, 2.24) is 0 Å². The van der Waals surface area contributed by atoms with Crippen LogP contribution in [-0.4, -0.2) is 25.1 Å². The molecule has 0 aliphatic heterocycles. The summed E-state index contributed by atoms with van der Waals surface area (Å²) in [6.45, 7) is -3.77. The van der Waals surface area contributed by atoms with Gasteiger partial charge in [-0.3, -0.25) is 4.79 Å². The molecule has 2 rings (SSSR count). The van der Waals surface area contributed by atoms with Crippen molar-refractivity contribution >= 4 is 17.6 Å². The van der Waals surface area contributed by atoms with E-state index in [0.29, 0.717) is 0 Å². The monoisotopic (exact) mass is 339 g/mol. The first kappa shape index (κ1) is 17.3. The number of anilines is 1. The Bertz CT molecular complexity index is 737. The van der Waals surface area contributed by atoms with Gasteiger partial charge in [-0.2, -0.15) is 8.78 Å². The van der Waals surface area contributed by atoms with Crippen LogP contribution < -0.4 is 10.1 Å². The molecule has 0 atom stereocenters. The van der Waals surface area contributed by atoms with Gasteiger partial charge in [-0.05, 0) is 30.3 Å². The molecule has 1 amide bonds. The lowest BCUT2D eigenvalue weighted by Gasteiger charge is -2.10. The van der Waals surface area contributed by atoms with E-state index in [9.17, 15) is 22.8 Å². The summed E-state index contributed by atoms with van der Waals surface area (Å²) >= 11 is 0. The molecule has 0 heterocycles. The highest BCUT2D eigenvalue weighted by Crippen LogP contribution is 2.21. The highest BCUT2D eigenvalue weighted by atomic mass is 19.3. The van der Waals surface area contributed by atoms with E-state index in [1.165, 1.54) is 42.5 Å². The fourth-order valence-corrected chi connectivity index (χ4v) is 1.81. The number of hydrogen-bond acceptors (Lipinski definition) is 4. The topological polar surface area (TPSA) is 64.6 Å². The molecule has 1 N–H and O–H groups in total. The number of ether oxygens (including phenoxy) is 2. The van der Waals surface area contributed by atoms with Crippen LogP contribution in [0.5, 0.6) is 5.75 Å². The molecule has 0 saturated carbocycles. The van der Waals surface area contributed by atoms with E-state index in [0.717, 1.165) is 6.07 Å². The van der Waals surface area contributed by atoms with Gasteiger partial charge in [0.2, 0.25) is 0 Å². The Kier molecular flexibility index (Phi) is 5.78. The van der Waals surface area contributed by atoms with Crippen LogP contribution in [-0.2, 0) is 9.53 Å². The number of benzene rings is 2. The molecular weight excluding hydrogens is 327 g/mol. The van der Waals surface area contributed by atoms with Crippen molar-refractivity contribution in [3.8, 4) is 5.75 Å². The van der Waals surface area contributed by atoms with Crippen LogP contribution in [0.2, 0.25) is 0 Å². The second kappa shape index (κ2) is 8.00. The molecule has 0 spiro atoms. The number of hydrogen-bond donors (Lipinski definition) is 1. The predicted molar refractivity (Wildman–Crippen MR) is 78.4 cm³/mol. The number of nitrogens with one attached hydrogen (secondary N) is 1. The van der Waals surface area contributed by atoms with Crippen LogP contribution in [0.15, 0.2) is 48.5 Å². The van der Waals surface area contributed by atoms with Gasteiger partial charge >= 0.3 is 12.6 Å². The highest BCUT2D eigenvalue weighted by molar-refractivity contribution is 5.96. The summed E-state index contributed by atoms with van der Waals surface area (Å²) in [5.41, 5.74) is -0.0474. The number of amides is 1. The third kappa shape index (κ3) is 5.01. The minimum absolute atomic E-state index is 0.192. The van der Waals surface area contributed by atoms with Gasteiger partial charge in [0.15, 0.2) is 6.61 Å². The number of rotatable bonds is 6. The molecule has 0 aliphatic rings. The molecule has 24 heavy (non-hydrogen) atoms. The van der Waals surface area contributed by atoms with E-state index in [-0.39, 0.29) is 17.0 Å². The standard InChI is InChI=1S/C16H12F3NO4/c17-10-4-3-5-11(8-10)20-14(21)9-23-15(22)12-6-1-2-7-13(12)24-16(18)19/h1-8,16H,9H2,(H,20,21). The molecule has 2 aromatic carbocycles. The van der Waals surface area contributed by atoms with Crippen molar-refractivity contribution in [2.75, 3.05) is 11.9 Å². The summed E-state index contributed by atoms with van der Waals surface area (Å²) in [4.78, 5) is 23.5. The molecule has 0 saturated heterocycles. The maximum absolute atomic E-state index is 13.0. The summed E-state index contributed by atoms with van der Waals surface area (Å²) in [7, 11) is 0. The van der Waals surface area contributed by atoms with Crippen molar-refractivity contribution in [3.05, 3.63) is 59.9 Å². The number of esters is 1. The largest absolute Gasteiger partial charge is 0.452 e. The van der Waals surface area contributed by atoms with Crippen molar-refractivity contribution < 1.29 is 32.2 Å². The van der Waals surface area contributed by atoms with E-state index in [1.807, 2.05) is 0 Å². The Balaban J connectivity index is 1.94. The lowest BCUT2D eigenvalue weighted by molar-refractivity contribution is -0.119. The van der Waals surface area contributed by atoms with Crippen LogP contribution in [0.3, 0.4) is 0 Å². The average Bonchev–Trinajstić information content (AvgIpc) is 2.52. The molecule has 0 radical (unpaired) electrons. The molecule has 0 bridgehead atoms. The Morgan fingerprint density at radius 1 is 1.08 bits per heavy atom. The van der Waals surface area contributed by atoms with Crippen LogP contribution in [0.1, 0.15) is 10.4 Å². The van der Waals surface area contributed by atoms with Crippen LogP contribution in [0.4, 0.5) is 18.9 Å². The summed E-state index contributed by atoms with van der Waals surface area (Å²) in [6, 6.07) is 10.4. The molecule has 0 aromatic heterocycles.